The lowest BCUT2D eigenvalue weighted by Crippen LogP contribution is -2.29. The third-order valence-corrected chi connectivity index (χ3v) is 2.27. The normalized spacial score (nSPS) is 14.5. The Labute approximate surface area is 75.5 Å². The zero-order valence-corrected chi connectivity index (χ0v) is 8.78. The van der Waals surface area contributed by atoms with E-state index in [1.807, 2.05) is 0 Å². The molecule has 2 heteroatoms. The Morgan fingerprint density at radius 1 is 1.09 bits per heavy atom. The van der Waals surface area contributed by atoms with E-state index in [-0.39, 0.29) is 5.38 Å². The molecule has 0 aromatic carbocycles. The van der Waals surface area contributed by atoms with Crippen LogP contribution in [0.4, 0.5) is 0 Å². The number of nitrogens with one attached hydrogen (secondary N) is 1. The third kappa shape index (κ3) is 6.64. The molecule has 0 bridgehead atoms. The molecular weight excluding hydrogens is 158 g/mol. The van der Waals surface area contributed by atoms with Crippen LogP contribution in [-0.4, -0.2) is 18.5 Å². The molecule has 0 radical (unpaired) electrons. The molecule has 0 aliphatic heterocycles. The molecule has 0 rings (SSSR count). The molecule has 0 aliphatic carbocycles. The molecular formula is C9H20ClN. The van der Waals surface area contributed by atoms with Gasteiger partial charge in [-0.15, -0.1) is 11.6 Å². The summed E-state index contributed by atoms with van der Waals surface area (Å²) in [6.07, 6.45) is 0. The van der Waals surface area contributed by atoms with Crippen molar-refractivity contribution in [2.75, 3.05) is 13.1 Å². The van der Waals surface area contributed by atoms with E-state index in [9.17, 15) is 0 Å². The summed E-state index contributed by atoms with van der Waals surface area (Å²) >= 11 is 6.04. The van der Waals surface area contributed by atoms with Crippen LogP contribution in [0.15, 0.2) is 0 Å². The molecule has 0 saturated carbocycles. The predicted octanol–water partition coefficient (Wildman–Crippen LogP) is 2.50. The highest BCUT2D eigenvalue weighted by Crippen LogP contribution is 2.07. The monoisotopic (exact) mass is 177 g/mol. The predicted molar refractivity (Wildman–Crippen MR) is 52.2 cm³/mol. The average Bonchev–Trinajstić information content (AvgIpc) is 1.86. The molecule has 1 unspecified atom stereocenters. The topological polar surface area (TPSA) is 12.0 Å². The van der Waals surface area contributed by atoms with Gasteiger partial charge in [-0.2, -0.15) is 0 Å². The van der Waals surface area contributed by atoms with Gasteiger partial charge in [0.15, 0.2) is 0 Å². The summed E-state index contributed by atoms with van der Waals surface area (Å²) in [7, 11) is 0. The maximum absolute atomic E-state index is 6.04. The third-order valence-electron chi connectivity index (χ3n) is 1.62. The first-order valence-corrected chi connectivity index (χ1v) is 4.82. The van der Waals surface area contributed by atoms with Gasteiger partial charge in [0.05, 0.1) is 0 Å². The molecule has 0 heterocycles. The Kier molecular flexibility index (Phi) is 5.98. The Bertz CT molecular complexity index is 91.6. The molecule has 11 heavy (non-hydrogen) atoms. The van der Waals surface area contributed by atoms with Gasteiger partial charge in [-0.3, -0.25) is 0 Å². The summed E-state index contributed by atoms with van der Waals surface area (Å²) in [5, 5.41) is 3.61. The van der Waals surface area contributed by atoms with Gasteiger partial charge >= 0.3 is 0 Å². The highest BCUT2D eigenvalue weighted by atomic mass is 35.5. The minimum atomic E-state index is 0.272. The van der Waals surface area contributed by atoms with Crippen LogP contribution in [0.1, 0.15) is 27.7 Å². The lowest BCUT2D eigenvalue weighted by atomic mass is 10.1. The summed E-state index contributed by atoms with van der Waals surface area (Å²) in [4.78, 5) is 0. The molecule has 0 amide bonds. The molecule has 0 aliphatic rings. The van der Waals surface area contributed by atoms with Crippen LogP contribution < -0.4 is 5.32 Å². The van der Waals surface area contributed by atoms with E-state index >= 15 is 0 Å². The van der Waals surface area contributed by atoms with Crippen molar-refractivity contribution in [1.82, 2.24) is 5.32 Å². The standard InChI is InChI=1S/C9H20ClN/c1-7(2)5-11-6-9(10)8(3)4/h7-9,11H,5-6H2,1-4H3. The van der Waals surface area contributed by atoms with Crippen LogP contribution in [0.5, 0.6) is 0 Å². The van der Waals surface area contributed by atoms with Crippen molar-refractivity contribution >= 4 is 11.6 Å². The average molecular weight is 178 g/mol. The lowest BCUT2D eigenvalue weighted by Gasteiger charge is -2.14. The van der Waals surface area contributed by atoms with Gasteiger partial charge in [-0.25, -0.2) is 0 Å². The smallest absolute Gasteiger partial charge is 0.0483 e. The second kappa shape index (κ2) is 5.84. The van der Waals surface area contributed by atoms with Gasteiger partial charge in [0.2, 0.25) is 0 Å². The number of hydrogen-bond acceptors (Lipinski definition) is 1. The van der Waals surface area contributed by atoms with Crippen molar-refractivity contribution in [1.29, 1.82) is 0 Å². The fraction of sp³-hybridized carbons (Fsp3) is 1.00. The molecule has 0 spiro atoms. The van der Waals surface area contributed by atoms with E-state index in [2.05, 4.69) is 33.0 Å². The van der Waals surface area contributed by atoms with E-state index in [0.717, 1.165) is 13.1 Å². The highest BCUT2D eigenvalue weighted by Gasteiger charge is 2.08. The minimum Gasteiger partial charge on any atom is -0.315 e. The van der Waals surface area contributed by atoms with Crippen molar-refractivity contribution in [2.45, 2.75) is 33.1 Å². The molecule has 1 atom stereocenters. The SMILES string of the molecule is CC(C)CNCC(Cl)C(C)C. The summed E-state index contributed by atoms with van der Waals surface area (Å²) in [6, 6.07) is 0. The van der Waals surface area contributed by atoms with Crippen molar-refractivity contribution in [3.05, 3.63) is 0 Å². The molecule has 1 N–H and O–H groups in total. The van der Waals surface area contributed by atoms with Crippen LogP contribution >= 0.6 is 11.6 Å². The fourth-order valence-corrected chi connectivity index (χ4v) is 0.855. The number of alkyl halides is 1. The van der Waals surface area contributed by atoms with Crippen molar-refractivity contribution in [3.63, 3.8) is 0 Å². The fourth-order valence-electron chi connectivity index (χ4n) is 0.746. The quantitative estimate of drug-likeness (QED) is 0.637. The van der Waals surface area contributed by atoms with Crippen LogP contribution in [0.3, 0.4) is 0 Å². The summed E-state index contributed by atoms with van der Waals surface area (Å²) in [6.45, 7) is 10.7. The maximum Gasteiger partial charge on any atom is 0.0483 e. The zero-order valence-electron chi connectivity index (χ0n) is 8.02. The zero-order chi connectivity index (χ0) is 8.85. The Balaban J connectivity index is 3.24. The largest absolute Gasteiger partial charge is 0.315 e. The first-order chi connectivity index (χ1) is 5.04. The number of rotatable bonds is 5. The number of hydrogen-bond donors (Lipinski definition) is 1. The first-order valence-electron chi connectivity index (χ1n) is 4.38. The Morgan fingerprint density at radius 3 is 2.00 bits per heavy atom. The summed E-state index contributed by atoms with van der Waals surface area (Å²) < 4.78 is 0. The molecule has 68 valence electrons. The minimum absolute atomic E-state index is 0.272. The van der Waals surface area contributed by atoms with Gasteiger partial charge in [0, 0.05) is 11.9 Å². The van der Waals surface area contributed by atoms with Gasteiger partial charge in [-0.1, -0.05) is 27.7 Å². The van der Waals surface area contributed by atoms with E-state index in [4.69, 9.17) is 11.6 Å². The highest BCUT2D eigenvalue weighted by molar-refractivity contribution is 6.20. The molecule has 0 aromatic heterocycles. The van der Waals surface area contributed by atoms with Crippen LogP contribution in [0.2, 0.25) is 0 Å². The van der Waals surface area contributed by atoms with Crippen LogP contribution in [0, 0.1) is 11.8 Å². The summed E-state index contributed by atoms with van der Waals surface area (Å²) in [5.74, 6) is 1.28. The van der Waals surface area contributed by atoms with Crippen LogP contribution in [-0.2, 0) is 0 Å². The molecule has 0 fully saturated rings. The lowest BCUT2D eigenvalue weighted by molar-refractivity contribution is 0.503. The van der Waals surface area contributed by atoms with Crippen molar-refractivity contribution in [3.8, 4) is 0 Å². The van der Waals surface area contributed by atoms with Gasteiger partial charge in [-0.05, 0) is 18.4 Å². The van der Waals surface area contributed by atoms with Crippen molar-refractivity contribution in [2.24, 2.45) is 11.8 Å². The first kappa shape index (κ1) is 11.2. The van der Waals surface area contributed by atoms with Gasteiger partial charge in [0.1, 0.15) is 0 Å². The van der Waals surface area contributed by atoms with Crippen LogP contribution in [0.25, 0.3) is 0 Å². The van der Waals surface area contributed by atoms with Gasteiger partial charge in [0.25, 0.3) is 0 Å². The van der Waals surface area contributed by atoms with Crippen molar-refractivity contribution < 1.29 is 0 Å². The molecule has 0 saturated heterocycles. The van der Waals surface area contributed by atoms with Gasteiger partial charge < -0.3 is 5.32 Å². The molecule has 0 aromatic rings. The molecule has 1 nitrogen and oxygen atoms in total. The van der Waals surface area contributed by atoms with E-state index in [1.54, 1.807) is 0 Å². The number of halogens is 1. The Morgan fingerprint density at radius 2 is 1.64 bits per heavy atom. The maximum atomic E-state index is 6.04. The van der Waals surface area contributed by atoms with E-state index < -0.39 is 0 Å². The van der Waals surface area contributed by atoms with E-state index in [0.29, 0.717) is 11.8 Å². The van der Waals surface area contributed by atoms with E-state index in [1.165, 1.54) is 0 Å². The Hall–Kier alpha value is 0.250. The second-order valence-electron chi connectivity index (χ2n) is 3.81. The second-order valence-corrected chi connectivity index (χ2v) is 4.37. The summed E-state index contributed by atoms with van der Waals surface area (Å²) in [5.41, 5.74) is 0.